The molecule has 7 heteroatoms. The molecule has 3 heterocycles. The molecule has 1 amide bonds. The molecule has 2 aromatic rings. The van der Waals surface area contributed by atoms with Crippen molar-refractivity contribution in [1.82, 2.24) is 24.9 Å². The van der Waals surface area contributed by atoms with Gasteiger partial charge in [0.25, 0.3) is 5.91 Å². The molecule has 0 radical (unpaired) electrons. The van der Waals surface area contributed by atoms with Crippen LogP contribution in [0.1, 0.15) is 27.8 Å². The second-order valence-corrected chi connectivity index (χ2v) is 5.12. The van der Waals surface area contributed by atoms with Crippen molar-refractivity contribution in [3.8, 4) is 0 Å². The van der Waals surface area contributed by atoms with Crippen LogP contribution in [-0.4, -0.2) is 51.0 Å². The average molecular weight is 287 g/mol. The SMILES string of the molecule is COCc1cn(C2CN(C(=O)c3cccnc3C)C2)nn1. The van der Waals surface area contributed by atoms with Crippen LogP contribution >= 0.6 is 0 Å². The zero-order valence-corrected chi connectivity index (χ0v) is 12.1. The molecule has 21 heavy (non-hydrogen) atoms. The van der Waals surface area contributed by atoms with Gasteiger partial charge in [-0.15, -0.1) is 5.10 Å². The molecule has 0 spiro atoms. The summed E-state index contributed by atoms with van der Waals surface area (Å²) in [6.07, 6.45) is 3.56. The van der Waals surface area contributed by atoms with E-state index in [1.807, 2.05) is 19.2 Å². The summed E-state index contributed by atoms with van der Waals surface area (Å²) in [7, 11) is 1.62. The Morgan fingerprint density at radius 3 is 3.00 bits per heavy atom. The molecule has 0 atom stereocenters. The highest BCUT2D eigenvalue weighted by atomic mass is 16.5. The summed E-state index contributed by atoms with van der Waals surface area (Å²) in [5.41, 5.74) is 2.22. The number of carbonyl (C=O) groups is 1. The fraction of sp³-hybridized carbons (Fsp3) is 0.429. The summed E-state index contributed by atoms with van der Waals surface area (Å²) in [5, 5.41) is 8.10. The Balaban J connectivity index is 1.62. The first kappa shape index (κ1) is 13.7. The molecular formula is C14H17N5O2. The van der Waals surface area contributed by atoms with E-state index < -0.39 is 0 Å². The maximum Gasteiger partial charge on any atom is 0.255 e. The molecule has 0 unspecified atom stereocenters. The molecule has 1 fully saturated rings. The van der Waals surface area contributed by atoms with E-state index in [1.165, 1.54) is 0 Å². The van der Waals surface area contributed by atoms with E-state index >= 15 is 0 Å². The van der Waals surface area contributed by atoms with Crippen molar-refractivity contribution in [2.75, 3.05) is 20.2 Å². The molecule has 7 nitrogen and oxygen atoms in total. The van der Waals surface area contributed by atoms with Gasteiger partial charge in [-0.1, -0.05) is 5.21 Å². The summed E-state index contributed by atoms with van der Waals surface area (Å²) in [6.45, 7) is 3.58. The summed E-state index contributed by atoms with van der Waals surface area (Å²) >= 11 is 0. The molecule has 2 aromatic heterocycles. The molecule has 3 rings (SSSR count). The molecule has 0 saturated carbocycles. The molecule has 1 aliphatic rings. The van der Waals surface area contributed by atoms with Crippen LogP contribution < -0.4 is 0 Å². The number of aryl methyl sites for hydroxylation is 1. The molecule has 0 aliphatic carbocycles. The number of hydrogen-bond acceptors (Lipinski definition) is 5. The first-order valence-corrected chi connectivity index (χ1v) is 6.79. The first-order chi connectivity index (χ1) is 10.2. The minimum absolute atomic E-state index is 0.0223. The van der Waals surface area contributed by atoms with E-state index in [2.05, 4.69) is 15.3 Å². The molecular weight excluding hydrogens is 270 g/mol. The van der Waals surface area contributed by atoms with E-state index in [4.69, 9.17) is 4.74 Å². The Hall–Kier alpha value is -2.28. The van der Waals surface area contributed by atoms with Gasteiger partial charge in [-0.3, -0.25) is 9.78 Å². The lowest BCUT2D eigenvalue weighted by molar-refractivity contribution is 0.0497. The summed E-state index contributed by atoms with van der Waals surface area (Å²) < 4.78 is 6.82. The molecule has 0 N–H and O–H groups in total. The second kappa shape index (κ2) is 5.61. The molecule has 110 valence electrons. The van der Waals surface area contributed by atoms with E-state index in [1.54, 1.807) is 29.0 Å². The third kappa shape index (κ3) is 2.64. The fourth-order valence-corrected chi connectivity index (χ4v) is 2.37. The number of pyridine rings is 1. The highest BCUT2D eigenvalue weighted by Gasteiger charge is 2.33. The number of carbonyl (C=O) groups excluding carboxylic acids is 1. The van der Waals surface area contributed by atoms with Crippen molar-refractivity contribution in [1.29, 1.82) is 0 Å². The highest BCUT2D eigenvalue weighted by molar-refractivity contribution is 5.95. The van der Waals surface area contributed by atoms with Crippen LogP contribution in [0.25, 0.3) is 0 Å². The Kier molecular flexibility index (Phi) is 3.66. The molecule has 0 bridgehead atoms. The van der Waals surface area contributed by atoms with Gasteiger partial charge in [-0.2, -0.15) is 0 Å². The van der Waals surface area contributed by atoms with Gasteiger partial charge in [-0.05, 0) is 19.1 Å². The van der Waals surface area contributed by atoms with Crippen LogP contribution in [0.15, 0.2) is 24.5 Å². The Morgan fingerprint density at radius 2 is 2.29 bits per heavy atom. The van der Waals surface area contributed by atoms with Gasteiger partial charge in [0.05, 0.1) is 24.4 Å². The summed E-state index contributed by atoms with van der Waals surface area (Å²) in [6, 6.07) is 3.78. The van der Waals surface area contributed by atoms with Crippen molar-refractivity contribution in [2.45, 2.75) is 19.6 Å². The van der Waals surface area contributed by atoms with E-state index in [-0.39, 0.29) is 11.9 Å². The van der Waals surface area contributed by atoms with Crippen molar-refractivity contribution in [3.05, 3.63) is 41.5 Å². The quantitative estimate of drug-likeness (QED) is 0.832. The minimum atomic E-state index is 0.0223. The lowest BCUT2D eigenvalue weighted by Crippen LogP contribution is -2.51. The number of nitrogens with zero attached hydrogens (tertiary/aromatic N) is 5. The second-order valence-electron chi connectivity index (χ2n) is 5.12. The number of likely N-dealkylation sites (tertiary alicyclic amines) is 1. The zero-order valence-electron chi connectivity index (χ0n) is 12.1. The highest BCUT2D eigenvalue weighted by Crippen LogP contribution is 2.23. The molecule has 0 aromatic carbocycles. The van der Waals surface area contributed by atoms with E-state index in [0.29, 0.717) is 25.3 Å². The van der Waals surface area contributed by atoms with Crippen molar-refractivity contribution in [2.24, 2.45) is 0 Å². The molecule has 1 saturated heterocycles. The lowest BCUT2D eigenvalue weighted by atomic mass is 10.1. The van der Waals surface area contributed by atoms with Gasteiger partial charge in [0.2, 0.25) is 0 Å². The van der Waals surface area contributed by atoms with Crippen LogP contribution in [0.2, 0.25) is 0 Å². The van der Waals surface area contributed by atoms with Gasteiger partial charge in [0.1, 0.15) is 5.69 Å². The van der Waals surface area contributed by atoms with Crippen LogP contribution in [0.5, 0.6) is 0 Å². The van der Waals surface area contributed by atoms with Gasteiger partial charge in [0.15, 0.2) is 0 Å². The Morgan fingerprint density at radius 1 is 1.48 bits per heavy atom. The van der Waals surface area contributed by atoms with Gasteiger partial charge < -0.3 is 9.64 Å². The average Bonchev–Trinajstić information content (AvgIpc) is 2.86. The fourth-order valence-electron chi connectivity index (χ4n) is 2.37. The number of amides is 1. The van der Waals surface area contributed by atoms with E-state index in [9.17, 15) is 4.79 Å². The maximum atomic E-state index is 12.4. The number of methoxy groups -OCH3 is 1. The Bertz CT molecular complexity index is 648. The van der Waals surface area contributed by atoms with Crippen LogP contribution in [0.4, 0.5) is 0 Å². The van der Waals surface area contributed by atoms with Crippen molar-refractivity contribution in [3.63, 3.8) is 0 Å². The van der Waals surface area contributed by atoms with Gasteiger partial charge in [-0.25, -0.2) is 4.68 Å². The van der Waals surface area contributed by atoms with E-state index in [0.717, 1.165) is 11.4 Å². The third-order valence-corrected chi connectivity index (χ3v) is 3.61. The van der Waals surface area contributed by atoms with Crippen molar-refractivity contribution >= 4 is 5.91 Å². The lowest BCUT2D eigenvalue weighted by Gasteiger charge is -2.39. The Labute approximate surface area is 122 Å². The van der Waals surface area contributed by atoms with Crippen LogP contribution in [0, 0.1) is 6.92 Å². The van der Waals surface area contributed by atoms with Crippen molar-refractivity contribution < 1.29 is 9.53 Å². The monoisotopic (exact) mass is 287 g/mol. The first-order valence-electron chi connectivity index (χ1n) is 6.79. The number of aromatic nitrogens is 4. The largest absolute Gasteiger partial charge is 0.378 e. The number of ether oxygens (including phenoxy) is 1. The maximum absolute atomic E-state index is 12.4. The predicted molar refractivity (Wildman–Crippen MR) is 74.6 cm³/mol. The number of rotatable bonds is 4. The van der Waals surface area contributed by atoms with Crippen LogP contribution in [0.3, 0.4) is 0 Å². The van der Waals surface area contributed by atoms with Crippen LogP contribution in [-0.2, 0) is 11.3 Å². The predicted octanol–water partition coefficient (Wildman–Crippen LogP) is 0.825. The summed E-state index contributed by atoms with van der Waals surface area (Å²) in [4.78, 5) is 18.3. The third-order valence-electron chi connectivity index (χ3n) is 3.61. The zero-order chi connectivity index (χ0) is 14.8. The molecule has 1 aliphatic heterocycles. The standard InChI is InChI=1S/C14H17N5O2/c1-10-13(4-3-5-15-10)14(20)18-7-12(8-18)19-6-11(9-21-2)16-17-19/h3-6,12H,7-9H2,1-2H3. The normalized spacial score (nSPS) is 15.0. The van der Waals surface area contributed by atoms with Gasteiger partial charge >= 0.3 is 0 Å². The van der Waals surface area contributed by atoms with Gasteiger partial charge in [0, 0.05) is 32.1 Å². The smallest absolute Gasteiger partial charge is 0.255 e. The minimum Gasteiger partial charge on any atom is -0.378 e. The topological polar surface area (TPSA) is 73.1 Å². The number of hydrogen-bond donors (Lipinski definition) is 0. The summed E-state index contributed by atoms with van der Waals surface area (Å²) in [5.74, 6) is 0.0223.